The molecule has 1 aliphatic rings. The zero-order chi connectivity index (χ0) is 21.6. The number of hydrogen-bond donors (Lipinski definition) is 1. The van der Waals surface area contributed by atoms with Crippen LogP contribution in [0.15, 0.2) is 50.7 Å². The number of rotatable bonds is 8. The first-order chi connectivity index (χ1) is 15.1. The first kappa shape index (κ1) is 21.6. The lowest BCUT2D eigenvalue weighted by Gasteiger charge is -2.33. The first-order valence-electron chi connectivity index (χ1n) is 10.7. The van der Waals surface area contributed by atoms with E-state index in [1.165, 1.54) is 31.0 Å². The maximum atomic E-state index is 13.1. The van der Waals surface area contributed by atoms with Crippen LogP contribution in [0, 0.1) is 13.8 Å². The van der Waals surface area contributed by atoms with E-state index in [4.69, 9.17) is 8.94 Å². The van der Waals surface area contributed by atoms with Gasteiger partial charge in [-0.1, -0.05) is 11.6 Å². The SMILES string of the molecule is Cc1noc(C)c1CSc1ncccc1C(=O)NCC(c1ccco1)N1CCCCC1. The van der Waals surface area contributed by atoms with E-state index in [1.54, 1.807) is 18.5 Å². The van der Waals surface area contributed by atoms with E-state index in [-0.39, 0.29) is 11.9 Å². The van der Waals surface area contributed by atoms with Crippen molar-refractivity contribution in [2.45, 2.75) is 49.9 Å². The molecule has 0 aromatic carbocycles. The lowest BCUT2D eigenvalue weighted by atomic mass is 10.1. The molecule has 0 saturated carbocycles. The van der Waals surface area contributed by atoms with Gasteiger partial charge in [-0.25, -0.2) is 4.98 Å². The molecule has 1 atom stereocenters. The average molecular weight is 441 g/mol. The van der Waals surface area contributed by atoms with Crippen molar-refractivity contribution >= 4 is 17.7 Å². The predicted molar refractivity (Wildman–Crippen MR) is 119 cm³/mol. The summed E-state index contributed by atoms with van der Waals surface area (Å²) in [5, 5.41) is 7.82. The van der Waals surface area contributed by atoms with Gasteiger partial charge >= 0.3 is 0 Å². The molecule has 0 spiro atoms. The number of piperidine rings is 1. The van der Waals surface area contributed by atoms with Crippen LogP contribution in [0.5, 0.6) is 0 Å². The smallest absolute Gasteiger partial charge is 0.254 e. The van der Waals surface area contributed by atoms with Gasteiger partial charge in [-0.05, 0) is 64.0 Å². The number of aryl methyl sites for hydroxylation is 2. The minimum Gasteiger partial charge on any atom is -0.468 e. The Bertz CT molecular complexity index is 977. The summed E-state index contributed by atoms with van der Waals surface area (Å²) in [5.74, 6) is 2.22. The number of nitrogens with one attached hydrogen (secondary N) is 1. The Kier molecular flexibility index (Phi) is 7.09. The summed E-state index contributed by atoms with van der Waals surface area (Å²) in [4.78, 5) is 19.9. The van der Waals surface area contributed by atoms with Gasteiger partial charge in [0.2, 0.25) is 0 Å². The summed E-state index contributed by atoms with van der Waals surface area (Å²) in [7, 11) is 0. The molecule has 1 aliphatic heterocycles. The highest BCUT2D eigenvalue weighted by Crippen LogP contribution is 2.28. The fourth-order valence-corrected chi connectivity index (χ4v) is 5.08. The van der Waals surface area contributed by atoms with Gasteiger partial charge in [-0.15, -0.1) is 11.8 Å². The molecule has 0 bridgehead atoms. The van der Waals surface area contributed by atoms with E-state index in [1.807, 2.05) is 32.0 Å². The number of aromatic nitrogens is 2. The second-order valence-electron chi connectivity index (χ2n) is 7.79. The number of nitrogens with zero attached hydrogens (tertiary/aromatic N) is 3. The van der Waals surface area contributed by atoms with Crippen LogP contribution < -0.4 is 5.32 Å². The number of likely N-dealkylation sites (tertiary alicyclic amines) is 1. The topological polar surface area (TPSA) is 84.4 Å². The summed E-state index contributed by atoms with van der Waals surface area (Å²) >= 11 is 1.52. The van der Waals surface area contributed by atoms with Crippen LogP contribution in [0.2, 0.25) is 0 Å². The van der Waals surface area contributed by atoms with E-state index in [0.717, 1.165) is 35.9 Å². The van der Waals surface area contributed by atoms with Crippen LogP contribution in [-0.2, 0) is 5.75 Å². The van der Waals surface area contributed by atoms with Gasteiger partial charge in [-0.3, -0.25) is 9.69 Å². The van der Waals surface area contributed by atoms with E-state index >= 15 is 0 Å². The quantitative estimate of drug-likeness (QED) is 0.515. The van der Waals surface area contributed by atoms with Crippen LogP contribution in [0.3, 0.4) is 0 Å². The van der Waals surface area contributed by atoms with E-state index in [9.17, 15) is 4.79 Å². The highest BCUT2D eigenvalue weighted by molar-refractivity contribution is 7.98. The largest absolute Gasteiger partial charge is 0.468 e. The molecule has 1 amide bonds. The third kappa shape index (κ3) is 5.19. The van der Waals surface area contributed by atoms with Crippen molar-refractivity contribution in [2.75, 3.05) is 19.6 Å². The lowest BCUT2D eigenvalue weighted by Crippen LogP contribution is -2.40. The van der Waals surface area contributed by atoms with Crippen LogP contribution in [0.4, 0.5) is 0 Å². The number of pyridine rings is 1. The van der Waals surface area contributed by atoms with Gasteiger partial charge in [0.05, 0.1) is 23.6 Å². The Morgan fingerprint density at radius 1 is 1.23 bits per heavy atom. The third-order valence-electron chi connectivity index (χ3n) is 5.71. The number of hydrogen-bond acceptors (Lipinski definition) is 7. The maximum Gasteiger partial charge on any atom is 0.254 e. The Morgan fingerprint density at radius 3 is 2.77 bits per heavy atom. The molecule has 0 radical (unpaired) electrons. The monoisotopic (exact) mass is 440 g/mol. The Balaban J connectivity index is 1.44. The summed E-state index contributed by atoms with van der Waals surface area (Å²) in [6.45, 7) is 6.36. The molecule has 4 heterocycles. The second kappa shape index (κ2) is 10.2. The van der Waals surface area contributed by atoms with Gasteiger partial charge in [0.1, 0.15) is 16.5 Å². The number of amides is 1. The Labute approximate surface area is 186 Å². The van der Waals surface area contributed by atoms with Crippen molar-refractivity contribution in [1.82, 2.24) is 20.4 Å². The van der Waals surface area contributed by atoms with Crippen molar-refractivity contribution in [2.24, 2.45) is 0 Å². The molecule has 3 aromatic heterocycles. The van der Waals surface area contributed by atoms with Crippen molar-refractivity contribution in [3.8, 4) is 0 Å². The number of furan rings is 1. The number of carbonyl (C=O) groups excluding carboxylic acids is 1. The fraction of sp³-hybridized carbons (Fsp3) is 0.435. The average Bonchev–Trinajstić information content (AvgIpc) is 3.44. The Hall–Kier alpha value is -2.58. The van der Waals surface area contributed by atoms with Gasteiger partial charge in [-0.2, -0.15) is 0 Å². The molecule has 1 N–H and O–H groups in total. The second-order valence-corrected chi connectivity index (χ2v) is 8.75. The van der Waals surface area contributed by atoms with Crippen LogP contribution >= 0.6 is 11.8 Å². The summed E-state index contributed by atoms with van der Waals surface area (Å²) in [5.41, 5.74) is 2.50. The maximum absolute atomic E-state index is 13.1. The molecule has 1 fully saturated rings. The first-order valence-corrected chi connectivity index (χ1v) is 11.7. The lowest BCUT2D eigenvalue weighted by molar-refractivity contribution is 0.0910. The molecular weight excluding hydrogens is 412 g/mol. The van der Waals surface area contributed by atoms with Gasteiger partial charge in [0.15, 0.2) is 0 Å². The molecular formula is C23H28N4O3S. The molecule has 1 unspecified atom stereocenters. The molecule has 8 heteroatoms. The van der Waals surface area contributed by atoms with Gasteiger partial charge in [0, 0.05) is 24.1 Å². The van der Waals surface area contributed by atoms with Gasteiger partial charge < -0.3 is 14.3 Å². The van der Waals surface area contributed by atoms with Crippen LogP contribution in [0.25, 0.3) is 0 Å². The highest BCUT2D eigenvalue weighted by atomic mass is 32.2. The van der Waals surface area contributed by atoms with E-state index < -0.39 is 0 Å². The van der Waals surface area contributed by atoms with Crippen molar-refractivity contribution in [3.63, 3.8) is 0 Å². The summed E-state index contributed by atoms with van der Waals surface area (Å²) in [6.07, 6.45) is 7.02. The minimum absolute atomic E-state index is 0.0364. The summed E-state index contributed by atoms with van der Waals surface area (Å²) < 4.78 is 10.9. The van der Waals surface area contributed by atoms with Crippen molar-refractivity contribution in [1.29, 1.82) is 0 Å². The molecule has 164 valence electrons. The molecule has 1 saturated heterocycles. The third-order valence-corrected chi connectivity index (χ3v) is 6.74. The van der Waals surface area contributed by atoms with E-state index in [0.29, 0.717) is 22.9 Å². The fourth-order valence-electron chi connectivity index (χ4n) is 3.93. The van der Waals surface area contributed by atoms with Crippen molar-refractivity contribution in [3.05, 3.63) is 65.1 Å². The summed E-state index contributed by atoms with van der Waals surface area (Å²) in [6, 6.07) is 7.54. The normalized spacial score (nSPS) is 15.7. The van der Waals surface area contributed by atoms with Crippen LogP contribution in [0.1, 0.15) is 58.4 Å². The zero-order valence-electron chi connectivity index (χ0n) is 18.0. The molecule has 31 heavy (non-hydrogen) atoms. The predicted octanol–water partition coefficient (Wildman–Crippen LogP) is 4.53. The van der Waals surface area contributed by atoms with E-state index in [2.05, 4.69) is 20.4 Å². The Morgan fingerprint density at radius 2 is 2.06 bits per heavy atom. The highest BCUT2D eigenvalue weighted by Gasteiger charge is 2.25. The minimum atomic E-state index is -0.122. The van der Waals surface area contributed by atoms with Crippen LogP contribution in [-0.4, -0.2) is 40.6 Å². The zero-order valence-corrected chi connectivity index (χ0v) is 18.8. The molecule has 3 aromatic rings. The van der Waals surface area contributed by atoms with Gasteiger partial charge in [0.25, 0.3) is 5.91 Å². The molecule has 4 rings (SSSR count). The van der Waals surface area contributed by atoms with Crippen molar-refractivity contribution < 1.29 is 13.7 Å². The molecule has 7 nitrogen and oxygen atoms in total. The standard InChI is InChI=1S/C23H28N4O3S/c1-16-19(17(2)30-26-16)15-31-23-18(8-6-10-24-23)22(28)25-14-20(21-9-7-13-29-21)27-11-4-3-5-12-27/h6-10,13,20H,3-5,11-12,14-15H2,1-2H3,(H,25,28). The molecule has 0 aliphatic carbocycles. The number of carbonyl (C=O) groups is 1. The number of thioether (sulfide) groups is 1.